The Bertz CT molecular complexity index is 539. The summed E-state index contributed by atoms with van der Waals surface area (Å²) in [7, 11) is 0. The molecule has 1 aliphatic carbocycles. The lowest BCUT2D eigenvalue weighted by Crippen LogP contribution is -2.35. The normalized spacial score (nSPS) is 16.9. The fourth-order valence-electron chi connectivity index (χ4n) is 2.59. The zero-order valence-corrected chi connectivity index (χ0v) is 11.7. The van der Waals surface area contributed by atoms with Crippen molar-refractivity contribution in [1.82, 2.24) is 0 Å². The number of primary amides is 1. The molecular weight excluding hydrogens is 280 g/mol. The summed E-state index contributed by atoms with van der Waals surface area (Å²) in [6.07, 6.45) is 3.21. The van der Waals surface area contributed by atoms with Gasteiger partial charge in [0.05, 0.1) is 16.1 Å². The smallest absolute Gasteiger partial charge is 0.311 e. The molecule has 1 amide bonds. The van der Waals surface area contributed by atoms with Crippen molar-refractivity contribution in [2.45, 2.75) is 25.7 Å². The third-order valence-corrected chi connectivity index (χ3v) is 4.20. The van der Waals surface area contributed by atoms with Crippen LogP contribution in [-0.4, -0.2) is 23.5 Å². The van der Waals surface area contributed by atoms with Crippen molar-refractivity contribution < 1.29 is 14.7 Å². The quantitative estimate of drug-likeness (QED) is 0.778. The van der Waals surface area contributed by atoms with Gasteiger partial charge < -0.3 is 16.2 Å². The molecule has 6 heteroatoms. The zero-order chi connectivity index (χ0) is 14.8. The summed E-state index contributed by atoms with van der Waals surface area (Å²) in [6.45, 7) is 0.331. The second kappa shape index (κ2) is 5.71. The maximum absolute atomic E-state index is 11.4. The van der Waals surface area contributed by atoms with Crippen LogP contribution in [0.5, 0.6) is 0 Å². The molecule has 1 saturated carbocycles. The third-order valence-electron chi connectivity index (χ3n) is 3.89. The first-order valence-electron chi connectivity index (χ1n) is 6.51. The molecule has 0 bridgehead atoms. The first kappa shape index (κ1) is 14.7. The summed E-state index contributed by atoms with van der Waals surface area (Å²) in [4.78, 5) is 22.5. The number of nitrogens with one attached hydrogen (secondary N) is 1. The predicted molar refractivity (Wildman–Crippen MR) is 77.0 cm³/mol. The van der Waals surface area contributed by atoms with Gasteiger partial charge in [-0.2, -0.15) is 0 Å². The van der Waals surface area contributed by atoms with Crippen LogP contribution in [0.1, 0.15) is 36.0 Å². The number of benzene rings is 1. The Morgan fingerprint density at radius 2 is 2.00 bits per heavy atom. The molecule has 0 saturated heterocycles. The first-order chi connectivity index (χ1) is 9.44. The fourth-order valence-corrected chi connectivity index (χ4v) is 2.84. The van der Waals surface area contributed by atoms with Crippen molar-refractivity contribution in [2.75, 3.05) is 11.9 Å². The topological polar surface area (TPSA) is 92.4 Å². The summed E-state index contributed by atoms with van der Waals surface area (Å²) in [5.41, 5.74) is 5.40. The number of aliphatic carboxylic acids is 1. The average Bonchev–Trinajstić information content (AvgIpc) is 2.87. The highest BCUT2D eigenvalue weighted by Gasteiger charge is 2.41. The molecule has 1 aromatic carbocycles. The molecular formula is C14H17ClN2O3. The van der Waals surface area contributed by atoms with Crippen LogP contribution in [-0.2, 0) is 4.79 Å². The van der Waals surface area contributed by atoms with Gasteiger partial charge in [0.2, 0.25) is 5.91 Å². The summed E-state index contributed by atoms with van der Waals surface area (Å²) in [5.74, 6) is -1.32. The van der Waals surface area contributed by atoms with Crippen LogP contribution in [0.4, 0.5) is 5.69 Å². The number of halogens is 1. The lowest BCUT2D eigenvalue weighted by molar-refractivity contribution is -0.147. The Hall–Kier alpha value is -1.75. The largest absolute Gasteiger partial charge is 0.481 e. The molecule has 5 nitrogen and oxygen atoms in total. The van der Waals surface area contributed by atoms with Gasteiger partial charge in [-0.15, -0.1) is 0 Å². The van der Waals surface area contributed by atoms with Crippen molar-refractivity contribution in [3.05, 3.63) is 28.8 Å². The second-order valence-electron chi connectivity index (χ2n) is 5.21. The van der Waals surface area contributed by atoms with E-state index in [1.807, 2.05) is 0 Å². The van der Waals surface area contributed by atoms with Crippen LogP contribution in [0.15, 0.2) is 18.2 Å². The predicted octanol–water partition coefficient (Wildman–Crippen LogP) is 2.50. The fraction of sp³-hybridized carbons (Fsp3) is 0.429. The average molecular weight is 297 g/mol. The molecule has 0 unspecified atom stereocenters. The van der Waals surface area contributed by atoms with Crippen molar-refractivity contribution in [3.63, 3.8) is 0 Å². The number of amides is 1. The minimum absolute atomic E-state index is 0.328. The lowest BCUT2D eigenvalue weighted by atomic mass is 9.86. The van der Waals surface area contributed by atoms with E-state index in [1.165, 1.54) is 6.07 Å². The molecule has 0 spiro atoms. The zero-order valence-electron chi connectivity index (χ0n) is 11.0. The van der Waals surface area contributed by atoms with Gasteiger partial charge >= 0.3 is 5.97 Å². The van der Waals surface area contributed by atoms with Crippen molar-refractivity contribution in [2.24, 2.45) is 11.1 Å². The van der Waals surface area contributed by atoms with Gasteiger partial charge in [-0.3, -0.25) is 9.59 Å². The van der Waals surface area contributed by atoms with Gasteiger partial charge in [-0.25, -0.2) is 0 Å². The molecule has 108 valence electrons. The summed E-state index contributed by atoms with van der Waals surface area (Å²) in [5, 5.41) is 12.8. The van der Waals surface area contributed by atoms with E-state index in [9.17, 15) is 14.7 Å². The highest BCUT2D eigenvalue weighted by Crippen LogP contribution is 2.39. The number of carbonyl (C=O) groups excluding carboxylic acids is 1. The van der Waals surface area contributed by atoms with Gasteiger partial charge in [0.1, 0.15) is 0 Å². The molecule has 4 N–H and O–H groups in total. The maximum atomic E-state index is 11.4. The minimum Gasteiger partial charge on any atom is -0.481 e. The van der Waals surface area contributed by atoms with Crippen LogP contribution in [0.3, 0.4) is 0 Å². The van der Waals surface area contributed by atoms with Gasteiger partial charge in [-0.05, 0) is 31.0 Å². The molecule has 0 aromatic heterocycles. The van der Waals surface area contributed by atoms with Crippen LogP contribution in [0, 0.1) is 5.41 Å². The molecule has 0 heterocycles. The van der Waals surface area contributed by atoms with Crippen molar-refractivity contribution in [3.8, 4) is 0 Å². The lowest BCUT2D eigenvalue weighted by Gasteiger charge is -2.25. The van der Waals surface area contributed by atoms with E-state index in [1.54, 1.807) is 12.1 Å². The Kier molecular flexibility index (Phi) is 4.18. The van der Waals surface area contributed by atoms with E-state index in [0.717, 1.165) is 12.8 Å². The van der Waals surface area contributed by atoms with E-state index in [4.69, 9.17) is 17.3 Å². The first-order valence-corrected chi connectivity index (χ1v) is 6.89. The maximum Gasteiger partial charge on any atom is 0.311 e. The summed E-state index contributed by atoms with van der Waals surface area (Å²) < 4.78 is 0. The molecule has 1 fully saturated rings. The Balaban J connectivity index is 2.10. The second-order valence-corrected chi connectivity index (χ2v) is 5.61. The highest BCUT2D eigenvalue weighted by atomic mass is 35.5. The van der Waals surface area contributed by atoms with Gasteiger partial charge in [-0.1, -0.05) is 24.4 Å². The van der Waals surface area contributed by atoms with Crippen LogP contribution in [0.25, 0.3) is 0 Å². The Morgan fingerprint density at radius 1 is 1.35 bits per heavy atom. The number of nitrogens with two attached hydrogens (primary N) is 1. The molecule has 0 aliphatic heterocycles. The van der Waals surface area contributed by atoms with E-state index in [2.05, 4.69) is 5.32 Å². The number of carboxylic acid groups (broad SMARTS) is 1. The minimum atomic E-state index is -0.771. The van der Waals surface area contributed by atoms with Crippen LogP contribution in [0.2, 0.25) is 5.02 Å². The van der Waals surface area contributed by atoms with E-state index < -0.39 is 17.3 Å². The molecule has 0 atom stereocenters. The van der Waals surface area contributed by atoms with Gasteiger partial charge in [0.25, 0.3) is 0 Å². The molecule has 20 heavy (non-hydrogen) atoms. The summed E-state index contributed by atoms with van der Waals surface area (Å²) >= 11 is 6.07. The van der Waals surface area contributed by atoms with Crippen molar-refractivity contribution >= 4 is 29.2 Å². The number of carboxylic acids is 1. The van der Waals surface area contributed by atoms with E-state index in [-0.39, 0.29) is 0 Å². The Labute approximate surface area is 122 Å². The number of rotatable bonds is 5. The van der Waals surface area contributed by atoms with E-state index in [0.29, 0.717) is 35.7 Å². The Morgan fingerprint density at radius 3 is 2.50 bits per heavy atom. The third kappa shape index (κ3) is 2.88. The molecule has 1 aliphatic rings. The van der Waals surface area contributed by atoms with Crippen molar-refractivity contribution in [1.29, 1.82) is 0 Å². The SMILES string of the molecule is NC(=O)c1ccc(NCC2(C(=O)O)CCCC2)c(Cl)c1. The number of anilines is 1. The number of hydrogen-bond donors (Lipinski definition) is 3. The molecule has 1 aromatic rings. The van der Waals surface area contributed by atoms with E-state index >= 15 is 0 Å². The molecule has 0 radical (unpaired) electrons. The van der Waals surface area contributed by atoms with Crippen LogP contribution < -0.4 is 11.1 Å². The van der Waals surface area contributed by atoms with Gasteiger partial charge in [0.15, 0.2) is 0 Å². The van der Waals surface area contributed by atoms with Crippen LogP contribution >= 0.6 is 11.6 Å². The molecule has 2 rings (SSSR count). The standard InChI is InChI=1S/C14H17ClN2O3/c15-10-7-9(12(16)18)3-4-11(10)17-8-14(13(19)20)5-1-2-6-14/h3-4,7,17H,1-2,5-6,8H2,(H2,16,18)(H,19,20). The summed E-state index contributed by atoms with van der Waals surface area (Å²) in [6, 6.07) is 4.69. The van der Waals surface area contributed by atoms with Gasteiger partial charge in [0, 0.05) is 12.1 Å². The monoisotopic (exact) mass is 296 g/mol. The number of carbonyl (C=O) groups is 2. The number of hydrogen-bond acceptors (Lipinski definition) is 3. The highest BCUT2D eigenvalue weighted by molar-refractivity contribution is 6.33.